The predicted molar refractivity (Wildman–Crippen MR) is 69.2 cm³/mol. The summed E-state index contributed by atoms with van der Waals surface area (Å²) in [5.74, 6) is -0.928. The van der Waals surface area contributed by atoms with Crippen LogP contribution in [0.2, 0.25) is 0 Å². The van der Waals surface area contributed by atoms with Crippen LogP contribution in [0.3, 0.4) is 0 Å². The second-order valence-electron chi connectivity index (χ2n) is 4.62. The molecule has 5 heteroatoms. The molecule has 100 valence electrons. The van der Waals surface area contributed by atoms with Crippen molar-refractivity contribution in [2.75, 3.05) is 18.4 Å². The molecule has 4 N–H and O–H groups in total. The minimum absolute atomic E-state index is 0.0627. The first-order valence-electron chi connectivity index (χ1n) is 5.92. The molecule has 0 spiro atoms. The van der Waals surface area contributed by atoms with Crippen molar-refractivity contribution in [2.24, 2.45) is 17.6 Å². The number of aromatic carboxylic acids is 1. The van der Waals surface area contributed by atoms with Gasteiger partial charge in [-0.1, -0.05) is 13.8 Å². The van der Waals surface area contributed by atoms with Gasteiger partial charge in [0.05, 0.1) is 11.3 Å². The molecule has 0 bridgehead atoms. The largest absolute Gasteiger partial charge is 0.478 e. The van der Waals surface area contributed by atoms with E-state index in [1.807, 2.05) is 13.8 Å². The van der Waals surface area contributed by atoms with Crippen molar-refractivity contribution in [1.82, 2.24) is 0 Å². The van der Waals surface area contributed by atoms with Crippen molar-refractivity contribution >= 4 is 11.7 Å². The van der Waals surface area contributed by atoms with Crippen LogP contribution in [0.15, 0.2) is 18.2 Å². The van der Waals surface area contributed by atoms with Crippen LogP contribution in [-0.4, -0.2) is 24.2 Å². The summed E-state index contributed by atoms with van der Waals surface area (Å²) in [6, 6.07) is 3.69. The monoisotopic (exact) mass is 254 g/mol. The standard InChI is InChI=1S/C13H19FN2O2/c1-8(2)10(6-15)7-16-12-5-9(13(17)18)3-4-11(12)14/h3-5,8,10,16H,6-7,15H2,1-2H3,(H,17,18). The van der Waals surface area contributed by atoms with E-state index < -0.39 is 11.8 Å². The number of carbonyl (C=O) groups is 1. The van der Waals surface area contributed by atoms with E-state index in [0.717, 1.165) is 6.07 Å². The third-order valence-corrected chi connectivity index (χ3v) is 3.01. The Hall–Kier alpha value is -1.62. The van der Waals surface area contributed by atoms with Gasteiger partial charge in [-0.2, -0.15) is 0 Å². The number of carboxylic acids is 1. The normalized spacial score (nSPS) is 12.5. The molecule has 0 fully saturated rings. The molecule has 1 atom stereocenters. The summed E-state index contributed by atoms with van der Waals surface area (Å²) in [7, 11) is 0. The number of anilines is 1. The second-order valence-corrected chi connectivity index (χ2v) is 4.62. The van der Waals surface area contributed by atoms with Gasteiger partial charge in [-0.05, 0) is 36.6 Å². The maximum Gasteiger partial charge on any atom is 0.335 e. The van der Waals surface area contributed by atoms with E-state index in [1.165, 1.54) is 12.1 Å². The Balaban J connectivity index is 2.77. The van der Waals surface area contributed by atoms with Gasteiger partial charge in [-0.3, -0.25) is 0 Å². The Bertz CT molecular complexity index is 421. The van der Waals surface area contributed by atoms with Crippen molar-refractivity contribution in [2.45, 2.75) is 13.8 Å². The topological polar surface area (TPSA) is 75.3 Å². The van der Waals surface area contributed by atoms with Crippen LogP contribution < -0.4 is 11.1 Å². The summed E-state index contributed by atoms with van der Waals surface area (Å²) in [5, 5.41) is 11.8. The molecule has 0 aliphatic carbocycles. The number of nitrogens with one attached hydrogen (secondary N) is 1. The van der Waals surface area contributed by atoms with Crippen molar-refractivity contribution in [3.63, 3.8) is 0 Å². The molecule has 1 aromatic carbocycles. The molecular formula is C13H19FN2O2. The maximum absolute atomic E-state index is 13.5. The van der Waals surface area contributed by atoms with Gasteiger partial charge in [0.1, 0.15) is 5.82 Å². The van der Waals surface area contributed by atoms with Crippen LogP contribution in [0.1, 0.15) is 24.2 Å². The number of rotatable bonds is 6. The summed E-state index contributed by atoms with van der Waals surface area (Å²) in [5.41, 5.74) is 5.89. The Kier molecular flexibility index (Phi) is 5.09. The third-order valence-electron chi connectivity index (χ3n) is 3.01. The third kappa shape index (κ3) is 3.70. The fraction of sp³-hybridized carbons (Fsp3) is 0.462. The summed E-state index contributed by atoms with van der Waals surface area (Å²) >= 11 is 0. The minimum Gasteiger partial charge on any atom is -0.478 e. The fourth-order valence-corrected chi connectivity index (χ4v) is 1.63. The molecule has 0 saturated carbocycles. The van der Waals surface area contributed by atoms with Gasteiger partial charge in [0.25, 0.3) is 0 Å². The number of hydrogen-bond acceptors (Lipinski definition) is 3. The van der Waals surface area contributed by atoms with Crippen LogP contribution in [-0.2, 0) is 0 Å². The molecule has 0 saturated heterocycles. The van der Waals surface area contributed by atoms with E-state index in [9.17, 15) is 9.18 Å². The molecule has 0 radical (unpaired) electrons. The number of benzene rings is 1. The molecule has 0 heterocycles. The van der Waals surface area contributed by atoms with E-state index in [4.69, 9.17) is 10.8 Å². The van der Waals surface area contributed by atoms with Crippen LogP contribution in [0, 0.1) is 17.7 Å². The number of hydrogen-bond donors (Lipinski definition) is 3. The zero-order valence-electron chi connectivity index (χ0n) is 10.6. The van der Waals surface area contributed by atoms with Crippen molar-refractivity contribution < 1.29 is 14.3 Å². The van der Waals surface area contributed by atoms with Crippen molar-refractivity contribution in [3.8, 4) is 0 Å². The molecule has 1 aromatic rings. The molecule has 0 amide bonds. The highest BCUT2D eigenvalue weighted by Gasteiger charge is 2.13. The predicted octanol–water partition coefficient (Wildman–Crippen LogP) is 2.17. The quantitative estimate of drug-likeness (QED) is 0.727. The highest BCUT2D eigenvalue weighted by atomic mass is 19.1. The average molecular weight is 254 g/mol. The molecule has 4 nitrogen and oxygen atoms in total. The van der Waals surface area contributed by atoms with Gasteiger partial charge in [-0.25, -0.2) is 9.18 Å². The Labute approximate surface area is 106 Å². The molecule has 18 heavy (non-hydrogen) atoms. The number of carboxylic acid groups (broad SMARTS) is 1. The molecule has 0 aliphatic rings. The highest BCUT2D eigenvalue weighted by Crippen LogP contribution is 2.18. The van der Waals surface area contributed by atoms with Crippen LogP contribution in [0.25, 0.3) is 0 Å². The van der Waals surface area contributed by atoms with Gasteiger partial charge in [0, 0.05) is 6.54 Å². The zero-order chi connectivity index (χ0) is 13.7. The lowest BCUT2D eigenvalue weighted by atomic mass is 9.96. The lowest BCUT2D eigenvalue weighted by molar-refractivity contribution is 0.0697. The van der Waals surface area contributed by atoms with Crippen LogP contribution in [0.5, 0.6) is 0 Å². The van der Waals surface area contributed by atoms with E-state index >= 15 is 0 Å². The Morgan fingerprint density at radius 2 is 2.17 bits per heavy atom. The average Bonchev–Trinajstić information content (AvgIpc) is 2.31. The van der Waals surface area contributed by atoms with Crippen LogP contribution >= 0.6 is 0 Å². The van der Waals surface area contributed by atoms with Crippen molar-refractivity contribution in [1.29, 1.82) is 0 Å². The van der Waals surface area contributed by atoms with Crippen LogP contribution in [0.4, 0.5) is 10.1 Å². The van der Waals surface area contributed by atoms with Gasteiger partial charge in [0.2, 0.25) is 0 Å². The summed E-state index contributed by atoms with van der Waals surface area (Å²) in [4.78, 5) is 10.8. The highest BCUT2D eigenvalue weighted by molar-refractivity contribution is 5.88. The number of nitrogens with two attached hydrogens (primary N) is 1. The molecule has 1 rings (SSSR count). The van der Waals surface area contributed by atoms with Crippen molar-refractivity contribution in [3.05, 3.63) is 29.6 Å². The van der Waals surface area contributed by atoms with Gasteiger partial charge in [-0.15, -0.1) is 0 Å². The molecule has 0 aliphatic heterocycles. The molecule has 1 unspecified atom stereocenters. The SMILES string of the molecule is CC(C)C(CN)CNc1cc(C(=O)O)ccc1F. The first-order valence-corrected chi connectivity index (χ1v) is 5.92. The zero-order valence-corrected chi connectivity index (χ0v) is 10.6. The van der Waals surface area contributed by atoms with Gasteiger partial charge < -0.3 is 16.2 Å². The van der Waals surface area contributed by atoms with E-state index in [1.54, 1.807) is 0 Å². The maximum atomic E-state index is 13.5. The fourth-order valence-electron chi connectivity index (χ4n) is 1.63. The lowest BCUT2D eigenvalue weighted by Gasteiger charge is -2.20. The van der Waals surface area contributed by atoms with Gasteiger partial charge >= 0.3 is 5.97 Å². The molecular weight excluding hydrogens is 235 g/mol. The van der Waals surface area contributed by atoms with E-state index in [-0.39, 0.29) is 17.2 Å². The smallest absolute Gasteiger partial charge is 0.335 e. The van der Waals surface area contributed by atoms with E-state index in [0.29, 0.717) is 19.0 Å². The Morgan fingerprint density at radius 3 is 2.67 bits per heavy atom. The number of halogens is 1. The summed E-state index contributed by atoms with van der Waals surface area (Å²) in [6.45, 7) is 5.12. The first-order chi connectivity index (χ1) is 8.45. The molecule has 0 aromatic heterocycles. The summed E-state index contributed by atoms with van der Waals surface area (Å²) < 4.78 is 13.5. The first kappa shape index (κ1) is 14.4. The lowest BCUT2D eigenvalue weighted by Crippen LogP contribution is -2.27. The van der Waals surface area contributed by atoms with E-state index in [2.05, 4.69) is 5.32 Å². The second kappa shape index (κ2) is 6.35. The summed E-state index contributed by atoms with van der Waals surface area (Å²) in [6.07, 6.45) is 0. The van der Waals surface area contributed by atoms with Gasteiger partial charge in [0.15, 0.2) is 0 Å². The Morgan fingerprint density at radius 1 is 1.50 bits per heavy atom. The minimum atomic E-state index is -1.07.